The zero-order chi connectivity index (χ0) is 16.4. The molecule has 1 atom stereocenters. The molecule has 0 radical (unpaired) electrons. The number of hydrogen-bond acceptors (Lipinski definition) is 5. The molecule has 3 heterocycles. The van der Waals surface area contributed by atoms with Gasteiger partial charge in [-0.3, -0.25) is 4.21 Å². The number of hydrogen-bond donors (Lipinski definition) is 0. The quantitative estimate of drug-likeness (QED) is 0.837. The van der Waals surface area contributed by atoms with Crippen LogP contribution in [0.4, 0.5) is 19.0 Å². The average Bonchev–Trinajstić information content (AvgIpc) is 3.19. The number of aromatic nitrogens is 2. The van der Waals surface area contributed by atoms with Crippen LogP contribution < -0.4 is 4.90 Å². The highest BCUT2D eigenvalue weighted by molar-refractivity contribution is 7.86. The van der Waals surface area contributed by atoms with Crippen LogP contribution in [0.25, 0.3) is 0 Å². The Morgan fingerprint density at radius 1 is 1.26 bits per heavy atom. The van der Waals surface area contributed by atoms with Crippen molar-refractivity contribution in [1.29, 1.82) is 0 Å². The summed E-state index contributed by atoms with van der Waals surface area (Å²) >= 11 is 1.26. The number of rotatable bonds is 4. The van der Waals surface area contributed by atoms with Gasteiger partial charge in [-0.2, -0.15) is 13.2 Å². The van der Waals surface area contributed by atoms with E-state index in [0.717, 1.165) is 19.2 Å². The fraction of sp³-hybridized carbons (Fsp3) is 0.429. The number of halogens is 3. The highest BCUT2D eigenvalue weighted by Crippen LogP contribution is 2.38. The third-order valence-corrected chi connectivity index (χ3v) is 6.21. The molecule has 1 unspecified atom stereocenters. The summed E-state index contributed by atoms with van der Waals surface area (Å²) in [5.74, 6) is -0.359. The minimum absolute atomic E-state index is 0.0943. The van der Waals surface area contributed by atoms with E-state index in [1.165, 1.54) is 11.3 Å². The van der Waals surface area contributed by atoms with Crippen LogP contribution in [0, 0.1) is 0 Å². The lowest BCUT2D eigenvalue weighted by Crippen LogP contribution is -2.25. The van der Waals surface area contributed by atoms with Crippen LogP contribution in [0.2, 0.25) is 0 Å². The van der Waals surface area contributed by atoms with Gasteiger partial charge < -0.3 is 4.90 Å². The highest BCUT2D eigenvalue weighted by Gasteiger charge is 2.40. The maximum absolute atomic E-state index is 13.6. The first kappa shape index (κ1) is 16.4. The molecular formula is C14H14F3N3OS2. The maximum Gasteiger partial charge on any atom is 0.421 e. The summed E-state index contributed by atoms with van der Waals surface area (Å²) in [6.07, 6.45) is -1.76. The molecule has 0 aromatic carbocycles. The van der Waals surface area contributed by atoms with Crippen molar-refractivity contribution < 1.29 is 17.4 Å². The second kappa shape index (κ2) is 6.56. The van der Waals surface area contributed by atoms with E-state index >= 15 is 0 Å². The fourth-order valence-electron chi connectivity index (χ4n) is 2.57. The van der Waals surface area contributed by atoms with Crippen molar-refractivity contribution in [3.8, 4) is 0 Å². The lowest BCUT2D eigenvalue weighted by Gasteiger charge is -2.22. The number of anilines is 1. The molecular weight excluding hydrogens is 347 g/mol. The molecule has 124 valence electrons. The summed E-state index contributed by atoms with van der Waals surface area (Å²) in [5, 5.41) is 1.74. The van der Waals surface area contributed by atoms with Gasteiger partial charge in [-0.15, -0.1) is 11.3 Å². The van der Waals surface area contributed by atoms with Crippen LogP contribution in [0.3, 0.4) is 0 Å². The molecule has 4 nitrogen and oxygen atoms in total. The van der Waals surface area contributed by atoms with E-state index < -0.39 is 22.5 Å². The molecule has 1 saturated heterocycles. The van der Waals surface area contributed by atoms with E-state index in [9.17, 15) is 17.4 Å². The monoisotopic (exact) mass is 361 g/mol. The minimum atomic E-state index is -4.58. The van der Waals surface area contributed by atoms with Crippen LogP contribution in [0.5, 0.6) is 0 Å². The molecule has 0 bridgehead atoms. The molecule has 1 aliphatic heterocycles. The molecule has 0 amide bonds. The molecule has 2 aromatic rings. The zero-order valence-electron chi connectivity index (χ0n) is 12.0. The standard InChI is InChI=1S/C14H14F3N3OS2/c15-14(16,17)12-10(8-23(21)11-4-3-7-22-11)18-9-19-13(12)20-5-1-2-6-20/h3-4,7,9H,1-2,5-6,8H2. The average molecular weight is 361 g/mol. The van der Waals surface area contributed by atoms with Crippen LogP contribution >= 0.6 is 11.3 Å². The second-order valence-electron chi connectivity index (χ2n) is 5.13. The van der Waals surface area contributed by atoms with Gasteiger partial charge in [0.1, 0.15) is 17.7 Å². The van der Waals surface area contributed by atoms with Gasteiger partial charge in [-0.05, 0) is 24.3 Å². The number of nitrogens with zero attached hydrogens (tertiary/aromatic N) is 3. The Hall–Kier alpha value is -1.48. The summed E-state index contributed by atoms with van der Waals surface area (Å²) in [6.45, 7) is 1.10. The van der Waals surface area contributed by atoms with Crippen molar-refractivity contribution in [1.82, 2.24) is 9.97 Å². The first-order valence-corrected chi connectivity index (χ1v) is 9.24. The molecule has 0 aliphatic carbocycles. The first-order valence-electron chi connectivity index (χ1n) is 7.04. The van der Waals surface area contributed by atoms with Gasteiger partial charge >= 0.3 is 6.18 Å². The second-order valence-corrected chi connectivity index (χ2v) is 7.76. The van der Waals surface area contributed by atoms with Crippen molar-refractivity contribution in [3.05, 3.63) is 35.1 Å². The van der Waals surface area contributed by atoms with Crippen molar-refractivity contribution >= 4 is 28.0 Å². The maximum atomic E-state index is 13.6. The third kappa shape index (κ3) is 3.55. The van der Waals surface area contributed by atoms with E-state index in [4.69, 9.17) is 0 Å². The van der Waals surface area contributed by atoms with Crippen LogP contribution in [-0.2, 0) is 22.7 Å². The molecule has 3 rings (SSSR count). The lowest BCUT2D eigenvalue weighted by molar-refractivity contribution is -0.138. The molecule has 0 N–H and O–H groups in total. The topological polar surface area (TPSA) is 46.1 Å². The van der Waals surface area contributed by atoms with E-state index in [-0.39, 0.29) is 17.3 Å². The summed E-state index contributed by atoms with van der Waals surface area (Å²) in [5.41, 5.74) is -1.06. The lowest BCUT2D eigenvalue weighted by atomic mass is 10.2. The van der Waals surface area contributed by atoms with Crippen LogP contribution in [0.1, 0.15) is 24.1 Å². The van der Waals surface area contributed by atoms with E-state index in [1.807, 2.05) is 0 Å². The Morgan fingerprint density at radius 2 is 2.00 bits per heavy atom. The van der Waals surface area contributed by atoms with Gasteiger partial charge in [0.15, 0.2) is 0 Å². The Kier molecular flexibility index (Phi) is 4.67. The molecule has 9 heteroatoms. The summed E-state index contributed by atoms with van der Waals surface area (Å²) in [4.78, 5) is 9.26. The number of alkyl halides is 3. The fourth-order valence-corrected chi connectivity index (χ4v) is 4.63. The van der Waals surface area contributed by atoms with Crippen LogP contribution in [0.15, 0.2) is 28.0 Å². The molecule has 1 fully saturated rings. The van der Waals surface area contributed by atoms with E-state index in [2.05, 4.69) is 9.97 Å². The molecule has 0 saturated carbocycles. The summed E-state index contributed by atoms with van der Waals surface area (Å²) in [7, 11) is -1.55. The Labute approximate surface area is 137 Å². The van der Waals surface area contributed by atoms with Gasteiger partial charge in [-0.1, -0.05) is 6.07 Å². The summed E-state index contributed by atoms with van der Waals surface area (Å²) < 4.78 is 53.5. The third-order valence-electron chi connectivity index (χ3n) is 3.58. The van der Waals surface area contributed by atoms with Gasteiger partial charge in [0.2, 0.25) is 0 Å². The van der Waals surface area contributed by atoms with Gasteiger partial charge in [0.05, 0.1) is 26.5 Å². The first-order chi connectivity index (χ1) is 11.0. The Balaban J connectivity index is 1.99. The smallest absolute Gasteiger partial charge is 0.356 e. The zero-order valence-corrected chi connectivity index (χ0v) is 13.7. The Bertz CT molecular complexity index is 698. The van der Waals surface area contributed by atoms with Crippen molar-refractivity contribution in [3.63, 3.8) is 0 Å². The highest BCUT2D eigenvalue weighted by atomic mass is 32.2. The van der Waals surface area contributed by atoms with Crippen molar-refractivity contribution in [2.24, 2.45) is 0 Å². The SMILES string of the molecule is O=S(Cc1ncnc(N2CCCC2)c1C(F)(F)F)c1cccs1. The van der Waals surface area contributed by atoms with Gasteiger partial charge in [0, 0.05) is 13.1 Å². The summed E-state index contributed by atoms with van der Waals surface area (Å²) in [6, 6.07) is 3.37. The van der Waals surface area contributed by atoms with E-state index in [1.54, 1.807) is 22.4 Å². The van der Waals surface area contributed by atoms with Crippen LogP contribution in [-0.4, -0.2) is 27.3 Å². The molecule has 2 aromatic heterocycles. The predicted molar refractivity (Wildman–Crippen MR) is 82.9 cm³/mol. The van der Waals surface area contributed by atoms with Crippen molar-refractivity contribution in [2.45, 2.75) is 29.0 Å². The van der Waals surface area contributed by atoms with Crippen molar-refractivity contribution in [2.75, 3.05) is 18.0 Å². The molecule has 1 aliphatic rings. The molecule has 0 spiro atoms. The minimum Gasteiger partial charge on any atom is -0.356 e. The largest absolute Gasteiger partial charge is 0.421 e. The van der Waals surface area contributed by atoms with Gasteiger partial charge in [-0.25, -0.2) is 9.97 Å². The normalized spacial score (nSPS) is 16.7. The molecule has 23 heavy (non-hydrogen) atoms. The van der Waals surface area contributed by atoms with Gasteiger partial charge in [0.25, 0.3) is 0 Å². The predicted octanol–water partition coefficient (Wildman–Crippen LogP) is 3.46. The number of thiophene rings is 1. The van der Waals surface area contributed by atoms with E-state index in [0.29, 0.717) is 17.3 Å². The Morgan fingerprint density at radius 3 is 2.61 bits per heavy atom.